The molecule has 0 fully saturated rings. The molecule has 4 aromatic rings. The lowest BCUT2D eigenvalue weighted by atomic mass is 9.98. The van der Waals surface area contributed by atoms with E-state index in [0.29, 0.717) is 12.8 Å². The quantitative estimate of drug-likeness (QED) is 0.465. The van der Waals surface area contributed by atoms with Crippen molar-refractivity contribution in [3.63, 3.8) is 0 Å². The Balaban J connectivity index is 1.48. The number of methoxy groups -OCH3 is 1. The van der Waals surface area contributed by atoms with Crippen LogP contribution >= 0.6 is 11.3 Å². The summed E-state index contributed by atoms with van der Waals surface area (Å²) >= 11 is 1.65. The summed E-state index contributed by atoms with van der Waals surface area (Å²) in [5.41, 5.74) is 3.06. The van der Waals surface area contributed by atoms with E-state index in [1.807, 2.05) is 72.8 Å². The maximum Gasteiger partial charge on any atom is 0.221 e. The summed E-state index contributed by atoms with van der Waals surface area (Å²) in [5.74, 6) is 0.802. The minimum absolute atomic E-state index is 0.00827. The lowest BCUT2D eigenvalue weighted by Gasteiger charge is -2.20. The molecule has 0 aliphatic rings. The fraction of sp³-hybridized carbons (Fsp3) is 0.167. The van der Waals surface area contributed by atoms with Gasteiger partial charge in [-0.2, -0.15) is 0 Å². The fourth-order valence-electron chi connectivity index (χ4n) is 3.28. The number of hydrogen-bond acceptors (Lipinski definition) is 4. The summed E-state index contributed by atoms with van der Waals surface area (Å²) in [5, 5.41) is 4.18. The van der Waals surface area contributed by atoms with E-state index < -0.39 is 0 Å². The van der Waals surface area contributed by atoms with Gasteiger partial charge in [-0.05, 0) is 35.4 Å². The molecule has 29 heavy (non-hydrogen) atoms. The molecule has 0 radical (unpaired) electrons. The third-order valence-corrected chi connectivity index (χ3v) is 5.89. The zero-order chi connectivity index (χ0) is 20.1. The van der Waals surface area contributed by atoms with Crippen LogP contribution in [0.5, 0.6) is 5.75 Å². The molecule has 0 aliphatic carbocycles. The molecule has 1 unspecified atom stereocenters. The number of fused-ring (bicyclic) bond motifs is 1. The average molecular weight is 403 g/mol. The Hall–Kier alpha value is -3.18. The predicted octanol–water partition coefficient (Wildman–Crippen LogP) is 5.14. The van der Waals surface area contributed by atoms with Crippen LogP contribution in [0.15, 0.2) is 78.9 Å². The molecule has 0 aliphatic heterocycles. The Morgan fingerprint density at radius 2 is 1.66 bits per heavy atom. The molecule has 1 aromatic heterocycles. The van der Waals surface area contributed by atoms with Gasteiger partial charge in [0.15, 0.2) is 0 Å². The van der Waals surface area contributed by atoms with Gasteiger partial charge < -0.3 is 10.1 Å². The number of amides is 1. The van der Waals surface area contributed by atoms with Gasteiger partial charge >= 0.3 is 0 Å². The van der Waals surface area contributed by atoms with Gasteiger partial charge in [-0.25, -0.2) is 4.98 Å². The van der Waals surface area contributed by atoms with E-state index in [9.17, 15) is 4.79 Å². The van der Waals surface area contributed by atoms with Crippen LogP contribution in [0.4, 0.5) is 0 Å². The Kier molecular flexibility index (Phi) is 5.86. The number of carbonyl (C=O) groups excluding carboxylic acids is 1. The van der Waals surface area contributed by atoms with E-state index in [-0.39, 0.29) is 11.9 Å². The third kappa shape index (κ3) is 4.63. The number of benzene rings is 3. The number of ether oxygens (including phenoxy) is 1. The number of para-hydroxylation sites is 1. The third-order valence-electron chi connectivity index (χ3n) is 4.79. The first kappa shape index (κ1) is 19.2. The molecule has 5 heteroatoms. The van der Waals surface area contributed by atoms with Crippen molar-refractivity contribution in [1.82, 2.24) is 10.3 Å². The second kappa shape index (κ2) is 8.88. The summed E-state index contributed by atoms with van der Waals surface area (Å²) in [6.07, 6.45) is 1.04. The summed E-state index contributed by atoms with van der Waals surface area (Å²) in [4.78, 5) is 17.4. The van der Waals surface area contributed by atoms with E-state index in [1.54, 1.807) is 18.4 Å². The number of aromatic nitrogens is 1. The van der Waals surface area contributed by atoms with Gasteiger partial charge in [0.2, 0.25) is 5.91 Å². The second-order valence-corrected chi connectivity index (χ2v) is 7.87. The molecule has 1 N–H and O–H groups in total. The van der Waals surface area contributed by atoms with Crippen molar-refractivity contribution in [2.45, 2.75) is 18.9 Å². The van der Waals surface area contributed by atoms with Crippen LogP contribution < -0.4 is 10.1 Å². The van der Waals surface area contributed by atoms with E-state index in [2.05, 4.69) is 16.4 Å². The number of aryl methyl sites for hydroxylation is 1. The van der Waals surface area contributed by atoms with E-state index >= 15 is 0 Å². The minimum Gasteiger partial charge on any atom is -0.497 e. The van der Waals surface area contributed by atoms with E-state index in [4.69, 9.17) is 4.74 Å². The van der Waals surface area contributed by atoms with Gasteiger partial charge in [-0.1, -0.05) is 54.6 Å². The second-order valence-electron chi connectivity index (χ2n) is 6.76. The normalized spacial score (nSPS) is 11.9. The summed E-state index contributed by atoms with van der Waals surface area (Å²) in [7, 11) is 1.65. The summed E-state index contributed by atoms with van der Waals surface area (Å²) < 4.78 is 6.41. The van der Waals surface area contributed by atoms with Crippen LogP contribution in [0.2, 0.25) is 0 Å². The van der Waals surface area contributed by atoms with Gasteiger partial charge in [0.25, 0.3) is 0 Å². The van der Waals surface area contributed by atoms with Crippen molar-refractivity contribution in [3.8, 4) is 5.75 Å². The monoisotopic (exact) mass is 402 g/mol. The highest BCUT2D eigenvalue weighted by Gasteiger charge is 2.17. The SMILES string of the molecule is COc1ccc(C(NC(=O)CCc2nc3ccccc3s2)c2ccccc2)cc1. The van der Waals surface area contributed by atoms with Crippen LogP contribution in [0.3, 0.4) is 0 Å². The van der Waals surface area contributed by atoms with Gasteiger partial charge in [0.05, 0.1) is 28.4 Å². The van der Waals surface area contributed by atoms with Crippen LogP contribution in [0.1, 0.15) is 28.6 Å². The van der Waals surface area contributed by atoms with E-state index in [0.717, 1.165) is 32.1 Å². The first-order valence-corrected chi connectivity index (χ1v) is 10.4. The van der Waals surface area contributed by atoms with Gasteiger partial charge in [-0.3, -0.25) is 4.79 Å². The largest absolute Gasteiger partial charge is 0.497 e. The van der Waals surface area contributed by atoms with Crippen molar-refractivity contribution in [3.05, 3.63) is 95.0 Å². The molecule has 0 bridgehead atoms. The molecule has 1 atom stereocenters. The Morgan fingerprint density at radius 3 is 2.38 bits per heavy atom. The first-order chi connectivity index (χ1) is 14.2. The van der Waals surface area contributed by atoms with Crippen molar-refractivity contribution < 1.29 is 9.53 Å². The van der Waals surface area contributed by atoms with Crippen molar-refractivity contribution >= 4 is 27.5 Å². The molecule has 1 heterocycles. The molecule has 1 amide bonds. The highest BCUT2D eigenvalue weighted by atomic mass is 32.1. The zero-order valence-corrected chi connectivity index (χ0v) is 17.0. The number of carbonyl (C=O) groups is 1. The van der Waals surface area contributed by atoms with E-state index in [1.165, 1.54) is 0 Å². The fourth-order valence-corrected chi connectivity index (χ4v) is 4.25. The number of rotatable bonds is 7. The highest BCUT2D eigenvalue weighted by molar-refractivity contribution is 7.18. The molecule has 146 valence electrons. The molecular formula is C24H22N2O2S. The van der Waals surface area contributed by atoms with Gasteiger partial charge in [0.1, 0.15) is 5.75 Å². The number of thiazole rings is 1. The number of nitrogens with one attached hydrogen (secondary N) is 1. The smallest absolute Gasteiger partial charge is 0.221 e. The number of hydrogen-bond donors (Lipinski definition) is 1. The lowest BCUT2D eigenvalue weighted by Crippen LogP contribution is -2.29. The highest BCUT2D eigenvalue weighted by Crippen LogP contribution is 2.25. The summed E-state index contributed by atoms with van der Waals surface area (Å²) in [6, 6.07) is 25.7. The van der Waals surface area contributed by atoms with Gasteiger partial charge in [0, 0.05) is 12.8 Å². The predicted molar refractivity (Wildman–Crippen MR) is 117 cm³/mol. The Labute approximate surface area is 174 Å². The van der Waals surface area contributed by atoms with Crippen molar-refractivity contribution in [2.24, 2.45) is 0 Å². The number of nitrogens with zero attached hydrogens (tertiary/aromatic N) is 1. The van der Waals surface area contributed by atoms with Gasteiger partial charge in [-0.15, -0.1) is 11.3 Å². The minimum atomic E-state index is -0.204. The first-order valence-electron chi connectivity index (χ1n) is 9.55. The van der Waals surface area contributed by atoms with Crippen LogP contribution in [0, 0.1) is 0 Å². The molecule has 0 saturated heterocycles. The van der Waals surface area contributed by atoms with Crippen molar-refractivity contribution in [2.75, 3.05) is 7.11 Å². The molecule has 0 spiro atoms. The molecule has 4 nitrogen and oxygen atoms in total. The Bertz CT molecular complexity index is 1060. The van der Waals surface area contributed by atoms with Crippen LogP contribution in [-0.4, -0.2) is 18.0 Å². The lowest BCUT2D eigenvalue weighted by molar-refractivity contribution is -0.121. The molecule has 0 saturated carbocycles. The maximum atomic E-state index is 12.8. The van der Waals surface area contributed by atoms with Crippen LogP contribution in [-0.2, 0) is 11.2 Å². The molecule has 4 rings (SSSR count). The van der Waals surface area contributed by atoms with Crippen LogP contribution in [0.25, 0.3) is 10.2 Å². The topological polar surface area (TPSA) is 51.2 Å². The summed E-state index contributed by atoms with van der Waals surface area (Å²) in [6.45, 7) is 0. The standard InChI is InChI=1S/C24H22N2O2S/c1-28-19-13-11-18(12-14-19)24(17-7-3-2-4-8-17)26-22(27)15-16-23-25-20-9-5-6-10-21(20)29-23/h2-14,24H,15-16H2,1H3,(H,26,27). The maximum absolute atomic E-state index is 12.8. The molecular weight excluding hydrogens is 380 g/mol. The van der Waals surface area contributed by atoms with Crippen molar-refractivity contribution in [1.29, 1.82) is 0 Å². The zero-order valence-electron chi connectivity index (χ0n) is 16.2. The average Bonchev–Trinajstić information content (AvgIpc) is 3.20. The Morgan fingerprint density at radius 1 is 0.966 bits per heavy atom. The molecule has 3 aromatic carbocycles.